The van der Waals surface area contributed by atoms with Crippen molar-refractivity contribution in [3.05, 3.63) is 34.5 Å². The molecule has 1 aliphatic rings. The van der Waals surface area contributed by atoms with Crippen molar-refractivity contribution in [3.63, 3.8) is 0 Å². The van der Waals surface area contributed by atoms with Crippen LogP contribution in [0.25, 0.3) is 5.82 Å². The van der Waals surface area contributed by atoms with Gasteiger partial charge in [-0.05, 0) is 36.8 Å². The van der Waals surface area contributed by atoms with Crippen LogP contribution in [0.5, 0.6) is 5.75 Å². The molecule has 0 saturated heterocycles. The number of aliphatic hydroxyl groups excluding tert-OH is 1. The standard InChI is InChI=1S/C24H30ClF5N4O3/c1-4-18-33-19(22(36)32-11-15-6-5-12(2)7-16(15)35)20(25)34(18)21-17(37-23(26)27)9-14(10-31-21)8-13(3)24(28,29)30/h9-10,12-13,15-16,23,35H,4-8,11H2,1-3H3,(H,32,36)/t12-,13?,15+,16-/m1/s1. The summed E-state index contributed by atoms with van der Waals surface area (Å²) in [6, 6.07) is 1.05. The predicted octanol–water partition coefficient (Wildman–Crippen LogP) is 5.35. The van der Waals surface area contributed by atoms with E-state index in [1.54, 1.807) is 6.92 Å². The van der Waals surface area contributed by atoms with Crippen molar-refractivity contribution in [1.29, 1.82) is 0 Å². The van der Waals surface area contributed by atoms with Gasteiger partial charge in [0.15, 0.2) is 17.3 Å². The number of aliphatic hydroxyl groups is 1. The Morgan fingerprint density at radius 1 is 1.35 bits per heavy atom. The van der Waals surface area contributed by atoms with Crippen LogP contribution in [0.3, 0.4) is 0 Å². The van der Waals surface area contributed by atoms with Crippen LogP contribution in [-0.4, -0.2) is 51.0 Å². The third kappa shape index (κ3) is 7.10. The summed E-state index contributed by atoms with van der Waals surface area (Å²) in [6.07, 6.45) is -1.82. The van der Waals surface area contributed by atoms with Crippen molar-refractivity contribution < 1.29 is 36.6 Å². The summed E-state index contributed by atoms with van der Waals surface area (Å²) in [5, 5.41) is 12.8. The van der Waals surface area contributed by atoms with Gasteiger partial charge in [-0.2, -0.15) is 22.0 Å². The minimum absolute atomic E-state index is 0.0387. The summed E-state index contributed by atoms with van der Waals surface area (Å²) in [4.78, 5) is 21.2. The molecule has 2 aromatic rings. The number of hydrogen-bond donors (Lipinski definition) is 2. The monoisotopic (exact) mass is 552 g/mol. The first-order valence-corrected chi connectivity index (χ1v) is 12.4. The Morgan fingerprint density at radius 2 is 2.05 bits per heavy atom. The van der Waals surface area contributed by atoms with E-state index in [1.165, 1.54) is 4.57 Å². The van der Waals surface area contributed by atoms with Gasteiger partial charge < -0.3 is 15.2 Å². The van der Waals surface area contributed by atoms with Gasteiger partial charge in [-0.15, -0.1) is 0 Å². The molecule has 1 amide bonds. The van der Waals surface area contributed by atoms with Crippen LogP contribution in [0.1, 0.15) is 61.9 Å². The summed E-state index contributed by atoms with van der Waals surface area (Å²) in [7, 11) is 0. The highest BCUT2D eigenvalue weighted by atomic mass is 35.5. The Kier molecular flexibility index (Phi) is 9.38. The number of nitrogens with zero attached hydrogens (tertiary/aromatic N) is 3. The molecule has 0 aliphatic heterocycles. The molecule has 3 rings (SSSR count). The van der Waals surface area contributed by atoms with Gasteiger partial charge in [0, 0.05) is 25.1 Å². The SMILES string of the molecule is CCc1nc(C(=O)NC[C@@H]2CC[C@@H](C)C[C@H]2O)c(Cl)n1-c1ncc(CC(C)C(F)(F)F)cc1OC(F)F. The van der Waals surface area contributed by atoms with Crippen LogP contribution in [-0.2, 0) is 12.8 Å². The number of imidazole rings is 1. The van der Waals surface area contributed by atoms with Crippen molar-refractivity contribution in [3.8, 4) is 11.6 Å². The average molecular weight is 553 g/mol. The average Bonchev–Trinajstić information content (AvgIpc) is 3.13. The zero-order valence-electron chi connectivity index (χ0n) is 20.7. The van der Waals surface area contributed by atoms with Crippen LogP contribution in [0.15, 0.2) is 12.3 Å². The minimum atomic E-state index is -4.47. The van der Waals surface area contributed by atoms with Gasteiger partial charge in [-0.1, -0.05) is 38.8 Å². The van der Waals surface area contributed by atoms with Crippen LogP contribution in [0, 0.1) is 17.8 Å². The van der Waals surface area contributed by atoms with Gasteiger partial charge in [0.25, 0.3) is 5.91 Å². The number of ether oxygens (including phenoxy) is 1. The van der Waals surface area contributed by atoms with Crippen LogP contribution >= 0.6 is 11.6 Å². The van der Waals surface area contributed by atoms with E-state index in [0.29, 0.717) is 12.3 Å². The van der Waals surface area contributed by atoms with Gasteiger partial charge in [-0.3, -0.25) is 9.36 Å². The van der Waals surface area contributed by atoms with Crippen molar-refractivity contribution in [2.24, 2.45) is 17.8 Å². The fourth-order valence-corrected chi connectivity index (χ4v) is 4.72. The molecule has 0 spiro atoms. The van der Waals surface area contributed by atoms with Gasteiger partial charge in [0.05, 0.1) is 12.0 Å². The number of nitrogens with one attached hydrogen (secondary N) is 1. The molecule has 2 aromatic heterocycles. The van der Waals surface area contributed by atoms with Crippen molar-refractivity contribution >= 4 is 17.5 Å². The van der Waals surface area contributed by atoms with Crippen molar-refractivity contribution in [2.75, 3.05) is 6.54 Å². The Morgan fingerprint density at radius 3 is 2.65 bits per heavy atom. The minimum Gasteiger partial charge on any atom is -0.431 e. The number of aromatic nitrogens is 3. The molecule has 1 unspecified atom stereocenters. The molecular weight excluding hydrogens is 523 g/mol. The lowest BCUT2D eigenvalue weighted by molar-refractivity contribution is -0.169. The normalized spacial score (nSPS) is 21.2. The van der Waals surface area contributed by atoms with E-state index >= 15 is 0 Å². The van der Waals surface area contributed by atoms with Crippen molar-refractivity contribution in [2.45, 2.75) is 71.8 Å². The smallest absolute Gasteiger partial charge is 0.391 e. The van der Waals surface area contributed by atoms with E-state index in [0.717, 1.165) is 32.0 Å². The first-order chi connectivity index (χ1) is 17.3. The maximum atomic E-state index is 13.2. The highest BCUT2D eigenvalue weighted by molar-refractivity contribution is 6.32. The predicted molar refractivity (Wildman–Crippen MR) is 126 cm³/mol. The summed E-state index contributed by atoms with van der Waals surface area (Å²) < 4.78 is 71.0. The van der Waals surface area contributed by atoms with Gasteiger partial charge >= 0.3 is 12.8 Å². The highest BCUT2D eigenvalue weighted by Gasteiger charge is 2.36. The molecule has 206 valence electrons. The van der Waals surface area contributed by atoms with E-state index in [2.05, 4.69) is 26.9 Å². The molecule has 0 radical (unpaired) electrons. The number of carbonyl (C=O) groups excluding carboxylic acids is 1. The molecule has 7 nitrogen and oxygen atoms in total. The molecule has 1 aliphatic carbocycles. The molecule has 4 atom stereocenters. The summed E-state index contributed by atoms with van der Waals surface area (Å²) in [6.45, 7) is 1.66. The molecule has 13 heteroatoms. The van der Waals surface area contributed by atoms with E-state index in [1.807, 2.05) is 0 Å². The van der Waals surface area contributed by atoms with E-state index in [9.17, 15) is 31.9 Å². The molecule has 1 fully saturated rings. The molecule has 0 aromatic carbocycles. The van der Waals surface area contributed by atoms with Crippen molar-refractivity contribution in [1.82, 2.24) is 19.9 Å². The number of pyridine rings is 1. The topological polar surface area (TPSA) is 89.3 Å². The number of halogens is 6. The Balaban J connectivity index is 1.90. The third-order valence-corrected chi connectivity index (χ3v) is 6.93. The molecule has 37 heavy (non-hydrogen) atoms. The molecule has 0 bridgehead atoms. The zero-order valence-corrected chi connectivity index (χ0v) is 21.4. The number of alkyl halides is 5. The number of carbonyl (C=O) groups is 1. The number of amides is 1. The Hall–Kier alpha value is -2.47. The largest absolute Gasteiger partial charge is 0.431 e. The second kappa shape index (κ2) is 11.9. The highest BCUT2D eigenvalue weighted by Crippen LogP contribution is 2.34. The molecule has 1 saturated carbocycles. The van der Waals surface area contributed by atoms with Crippen LogP contribution in [0.2, 0.25) is 5.15 Å². The summed E-state index contributed by atoms with van der Waals surface area (Å²) >= 11 is 6.46. The third-order valence-electron chi connectivity index (χ3n) is 6.58. The van der Waals surface area contributed by atoms with Crippen LogP contribution in [0.4, 0.5) is 22.0 Å². The van der Waals surface area contributed by atoms with Crippen LogP contribution < -0.4 is 10.1 Å². The lowest BCUT2D eigenvalue weighted by Crippen LogP contribution is -2.38. The lowest BCUT2D eigenvalue weighted by Gasteiger charge is -2.31. The van der Waals surface area contributed by atoms with Gasteiger partial charge in [0.1, 0.15) is 11.0 Å². The summed E-state index contributed by atoms with van der Waals surface area (Å²) in [5.74, 6) is -2.58. The van der Waals surface area contributed by atoms with E-state index < -0.39 is 42.9 Å². The molecular formula is C24H30ClF5N4O3. The number of hydrogen-bond acceptors (Lipinski definition) is 5. The summed E-state index contributed by atoms with van der Waals surface area (Å²) in [5.41, 5.74) is -0.131. The first-order valence-electron chi connectivity index (χ1n) is 12.1. The van der Waals surface area contributed by atoms with E-state index in [-0.39, 0.29) is 46.9 Å². The second-order valence-corrected chi connectivity index (χ2v) is 9.86. The lowest BCUT2D eigenvalue weighted by atomic mass is 9.81. The maximum Gasteiger partial charge on any atom is 0.391 e. The number of rotatable bonds is 9. The molecule has 2 N–H and O–H groups in total. The second-order valence-electron chi connectivity index (χ2n) is 9.50. The molecule has 2 heterocycles. The fraction of sp³-hybridized carbons (Fsp3) is 0.625. The van der Waals surface area contributed by atoms with Gasteiger partial charge in [0.2, 0.25) is 0 Å². The number of aryl methyl sites for hydroxylation is 1. The van der Waals surface area contributed by atoms with Gasteiger partial charge in [-0.25, -0.2) is 9.97 Å². The maximum absolute atomic E-state index is 13.2. The fourth-order valence-electron chi connectivity index (χ4n) is 4.41. The quantitative estimate of drug-likeness (QED) is 0.409. The Bertz CT molecular complexity index is 1100. The van der Waals surface area contributed by atoms with E-state index in [4.69, 9.17) is 11.6 Å². The Labute approximate surface area is 216 Å². The zero-order chi connectivity index (χ0) is 27.5. The first kappa shape index (κ1) is 29.1.